The number of hydrogen-bond acceptors (Lipinski definition) is 4. The zero-order valence-corrected chi connectivity index (χ0v) is 17.9. The largest absolute Gasteiger partial charge is 0.273 e. The Kier molecular flexibility index (Phi) is 4.30. The van der Waals surface area contributed by atoms with Gasteiger partial charge in [0, 0.05) is 16.0 Å². The first-order chi connectivity index (χ1) is 12.8. The van der Waals surface area contributed by atoms with Gasteiger partial charge in [-0.25, -0.2) is 0 Å². The van der Waals surface area contributed by atoms with E-state index in [9.17, 15) is 0 Å². The predicted octanol–water partition coefficient (Wildman–Crippen LogP) is 5.60. The minimum atomic E-state index is -0.0365. The predicted molar refractivity (Wildman–Crippen MR) is 113 cm³/mol. The molecule has 0 fully saturated rings. The number of aryl methyl sites for hydroxylation is 3. The number of rotatable bonds is 2. The third-order valence-electron chi connectivity index (χ3n) is 5.52. The van der Waals surface area contributed by atoms with Crippen LogP contribution in [0.5, 0.6) is 0 Å². The molecule has 1 aliphatic heterocycles. The Balaban J connectivity index is 1.99. The Bertz CT molecular complexity index is 1070. The van der Waals surface area contributed by atoms with Crippen molar-refractivity contribution in [3.05, 3.63) is 62.5 Å². The summed E-state index contributed by atoms with van der Waals surface area (Å²) >= 11 is 1.81. The van der Waals surface area contributed by atoms with E-state index >= 15 is 0 Å². The fraction of sp³-hybridized carbons (Fsp3) is 0.409. The zero-order valence-electron chi connectivity index (χ0n) is 17.1. The van der Waals surface area contributed by atoms with Gasteiger partial charge in [-0.15, -0.1) is 21.5 Å². The molecule has 0 amide bonds. The Morgan fingerprint density at radius 2 is 1.81 bits per heavy atom. The van der Waals surface area contributed by atoms with Crippen molar-refractivity contribution in [1.29, 1.82) is 0 Å². The molecule has 1 unspecified atom stereocenters. The highest BCUT2D eigenvalue weighted by Gasteiger charge is 2.29. The lowest BCUT2D eigenvalue weighted by Gasteiger charge is -2.14. The molecule has 140 valence electrons. The van der Waals surface area contributed by atoms with E-state index in [1.807, 2.05) is 6.92 Å². The van der Waals surface area contributed by atoms with Gasteiger partial charge in [-0.2, -0.15) is 0 Å². The molecule has 1 aliphatic rings. The van der Waals surface area contributed by atoms with Crippen molar-refractivity contribution >= 4 is 17.0 Å². The number of nitrogens with zero attached hydrogens (tertiary/aromatic N) is 4. The van der Waals surface area contributed by atoms with Gasteiger partial charge < -0.3 is 0 Å². The van der Waals surface area contributed by atoms with Crippen molar-refractivity contribution in [1.82, 2.24) is 14.8 Å². The molecular formula is C22H26N4S. The maximum Gasteiger partial charge on any atom is 0.162 e. The lowest BCUT2D eigenvalue weighted by Crippen LogP contribution is -2.08. The minimum Gasteiger partial charge on any atom is -0.273 e. The van der Waals surface area contributed by atoms with Gasteiger partial charge in [0.25, 0.3) is 0 Å². The Morgan fingerprint density at radius 3 is 2.48 bits per heavy atom. The molecule has 3 heterocycles. The van der Waals surface area contributed by atoms with Crippen molar-refractivity contribution in [2.45, 2.75) is 60.4 Å². The molecule has 0 spiro atoms. The average Bonchev–Trinajstić information content (AvgIpc) is 3.08. The van der Waals surface area contributed by atoms with Gasteiger partial charge in [0.2, 0.25) is 0 Å². The maximum absolute atomic E-state index is 5.13. The van der Waals surface area contributed by atoms with E-state index in [0.29, 0.717) is 5.92 Å². The third kappa shape index (κ3) is 2.76. The third-order valence-corrected chi connectivity index (χ3v) is 6.71. The van der Waals surface area contributed by atoms with Crippen molar-refractivity contribution in [2.75, 3.05) is 0 Å². The molecule has 0 aliphatic carbocycles. The molecule has 0 bridgehead atoms. The van der Waals surface area contributed by atoms with Crippen LogP contribution in [0.2, 0.25) is 0 Å². The average molecular weight is 379 g/mol. The highest BCUT2D eigenvalue weighted by Crippen LogP contribution is 2.38. The van der Waals surface area contributed by atoms with Gasteiger partial charge in [0.1, 0.15) is 16.9 Å². The van der Waals surface area contributed by atoms with Gasteiger partial charge in [-0.3, -0.25) is 9.56 Å². The number of thiophene rings is 1. The van der Waals surface area contributed by atoms with Gasteiger partial charge in [0.05, 0.1) is 5.71 Å². The highest BCUT2D eigenvalue weighted by molar-refractivity contribution is 7.15. The number of benzene rings is 1. The Labute approximate surface area is 165 Å². The second-order valence-electron chi connectivity index (χ2n) is 7.78. The molecule has 0 saturated heterocycles. The van der Waals surface area contributed by atoms with E-state index in [1.54, 1.807) is 11.3 Å². The van der Waals surface area contributed by atoms with E-state index in [2.05, 4.69) is 74.5 Å². The van der Waals surface area contributed by atoms with E-state index < -0.39 is 0 Å². The molecular weight excluding hydrogens is 352 g/mol. The van der Waals surface area contributed by atoms with Crippen LogP contribution in [-0.2, 0) is 0 Å². The molecule has 27 heavy (non-hydrogen) atoms. The summed E-state index contributed by atoms with van der Waals surface area (Å²) in [7, 11) is 0. The molecule has 5 heteroatoms. The first kappa shape index (κ1) is 18.1. The fourth-order valence-corrected chi connectivity index (χ4v) is 5.17. The van der Waals surface area contributed by atoms with Gasteiger partial charge in [-0.1, -0.05) is 26.0 Å². The van der Waals surface area contributed by atoms with Crippen LogP contribution >= 0.6 is 11.3 Å². The molecule has 3 aromatic rings. The topological polar surface area (TPSA) is 43.1 Å². The molecule has 1 aromatic carbocycles. The zero-order chi connectivity index (χ0) is 19.5. The van der Waals surface area contributed by atoms with Gasteiger partial charge >= 0.3 is 0 Å². The minimum absolute atomic E-state index is 0.0365. The van der Waals surface area contributed by atoms with Crippen molar-refractivity contribution < 1.29 is 0 Å². The molecule has 0 N–H and O–H groups in total. The van der Waals surface area contributed by atoms with Crippen molar-refractivity contribution in [3.63, 3.8) is 0 Å². The summed E-state index contributed by atoms with van der Waals surface area (Å²) in [5.41, 5.74) is 7.50. The Hall–Kier alpha value is -2.27. The number of fused-ring (bicyclic) bond motifs is 3. The van der Waals surface area contributed by atoms with Crippen LogP contribution in [-0.4, -0.2) is 20.5 Å². The van der Waals surface area contributed by atoms with Crippen LogP contribution in [0.3, 0.4) is 0 Å². The maximum atomic E-state index is 5.13. The number of hydrogen-bond donors (Lipinski definition) is 0. The fourth-order valence-electron chi connectivity index (χ4n) is 3.95. The van der Waals surface area contributed by atoms with Crippen LogP contribution in [0.15, 0.2) is 23.2 Å². The molecule has 0 radical (unpaired) electrons. The van der Waals surface area contributed by atoms with Gasteiger partial charge in [-0.05, 0) is 63.3 Å². The molecule has 0 saturated carbocycles. The molecule has 4 nitrogen and oxygen atoms in total. The van der Waals surface area contributed by atoms with Crippen molar-refractivity contribution in [3.8, 4) is 5.00 Å². The first-order valence-electron chi connectivity index (χ1n) is 9.51. The lowest BCUT2D eigenvalue weighted by atomic mass is 9.92. The second kappa shape index (κ2) is 6.41. The van der Waals surface area contributed by atoms with Crippen LogP contribution in [0, 0.1) is 27.7 Å². The van der Waals surface area contributed by atoms with E-state index in [1.165, 1.54) is 37.7 Å². The van der Waals surface area contributed by atoms with Crippen molar-refractivity contribution in [2.24, 2.45) is 4.99 Å². The summed E-state index contributed by atoms with van der Waals surface area (Å²) in [5, 5.41) is 9.94. The van der Waals surface area contributed by atoms with Crippen LogP contribution in [0.25, 0.3) is 5.00 Å². The first-order valence-corrected chi connectivity index (χ1v) is 10.3. The summed E-state index contributed by atoms with van der Waals surface area (Å²) in [6.45, 7) is 15.2. The molecule has 1 atom stereocenters. The lowest BCUT2D eigenvalue weighted by molar-refractivity contribution is 0.724. The monoisotopic (exact) mass is 378 g/mol. The van der Waals surface area contributed by atoms with Crippen LogP contribution in [0.4, 0.5) is 0 Å². The van der Waals surface area contributed by atoms with E-state index in [4.69, 9.17) is 4.99 Å². The smallest absolute Gasteiger partial charge is 0.162 e. The molecule has 4 rings (SSSR count). The second-order valence-corrected chi connectivity index (χ2v) is 8.99. The quantitative estimate of drug-likeness (QED) is 0.583. The standard InChI is InChI=1S/C22H26N4S/c1-11(2)18-9-8-17(10-12(18)3)20-19-13(4)15(6)27-22(19)26-16(7)24-25-21(26)14(5)23-20/h8-11,14H,1-7H3. The number of aromatic nitrogens is 3. The SMILES string of the molecule is Cc1cc(C2=NC(C)c3nnc(C)n3-c3sc(C)c(C)c32)ccc1C(C)C. The van der Waals surface area contributed by atoms with Gasteiger partial charge in [0.15, 0.2) is 5.82 Å². The van der Waals surface area contributed by atoms with E-state index in [0.717, 1.165) is 17.4 Å². The van der Waals surface area contributed by atoms with Crippen LogP contribution in [0.1, 0.15) is 77.1 Å². The Morgan fingerprint density at radius 1 is 1.07 bits per heavy atom. The summed E-state index contributed by atoms with van der Waals surface area (Å²) in [4.78, 5) is 6.45. The summed E-state index contributed by atoms with van der Waals surface area (Å²) in [5.74, 6) is 2.36. The summed E-state index contributed by atoms with van der Waals surface area (Å²) in [6.07, 6.45) is 0. The summed E-state index contributed by atoms with van der Waals surface area (Å²) < 4.78 is 2.19. The summed E-state index contributed by atoms with van der Waals surface area (Å²) in [6, 6.07) is 6.73. The molecule has 2 aromatic heterocycles. The number of aliphatic imine (C=N–C) groups is 1. The van der Waals surface area contributed by atoms with E-state index in [-0.39, 0.29) is 6.04 Å². The normalized spacial score (nSPS) is 16.1. The van der Waals surface area contributed by atoms with Crippen LogP contribution < -0.4 is 0 Å². The highest BCUT2D eigenvalue weighted by atomic mass is 32.1.